The van der Waals surface area contributed by atoms with Gasteiger partial charge in [-0.1, -0.05) is 12.1 Å². The normalized spacial score (nSPS) is 17.5. The van der Waals surface area contributed by atoms with Crippen LogP contribution in [-0.4, -0.2) is 49.5 Å². The third-order valence-corrected chi connectivity index (χ3v) is 6.55. The summed E-state index contributed by atoms with van der Waals surface area (Å²) in [6, 6.07) is 6.84. The van der Waals surface area contributed by atoms with Crippen LogP contribution in [0, 0.1) is 0 Å². The molecule has 1 aliphatic heterocycles. The predicted octanol–water partition coefficient (Wildman–Crippen LogP) is 4.17. The average molecular weight is 533 g/mol. The number of anilines is 2. The van der Waals surface area contributed by atoms with Crippen LogP contribution in [0.1, 0.15) is 30.2 Å². The van der Waals surface area contributed by atoms with Gasteiger partial charge in [-0.25, -0.2) is 19.9 Å². The number of alkyl halides is 5. The zero-order valence-corrected chi connectivity index (χ0v) is 20.0. The molecule has 0 aliphatic carbocycles. The number of hydrogen-bond donors (Lipinski definition) is 2. The molecule has 1 aromatic carbocycles. The summed E-state index contributed by atoms with van der Waals surface area (Å²) in [5, 5.41) is 2.70. The number of carbonyl (C=O) groups is 1. The van der Waals surface area contributed by atoms with Crippen LogP contribution in [-0.2, 0) is 16.6 Å². The Morgan fingerprint density at radius 1 is 1.11 bits per heavy atom. The third kappa shape index (κ3) is 3.96. The number of ether oxygens (including phenoxy) is 1. The van der Waals surface area contributed by atoms with Crippen LogP contribution in [0.2, 0.25) is 0 Å². The van der Waals surface area contributed by atoms with E-state index >= 15 is 0 Å². The molecule has 14 heteroatoms. The molecular formula is C24H20F5N7O2. The second-order valence-electron chi connectivity index (χ2n) is 8.90. The first-order chi connectivity index (χ1) is 17.8. The Kier molecular flexibility index (Phi) is 5.72. The van der Waals surface area contributed by atoms with Gasteiger partial charge in [-0.05, 0) is 31.0 Å². The van der Waals surface area contributed by atoms with Crippen LogP contribution < -0.4 is 15.8 Å². The predicted molar refractivity (Wildman–Crippen MR) is 126 cm³/mol. The molecule has 1 atom stereocenters. The van der Waals surface area contributed by atoms with E-state index in [1.165, 1.54) is 30.1 Å². The molecule has 0 radical (unpaired) electrons. The molecule has 1 unspecified atom stereocenters. The van der Waals surface area contributed by atoms with Gasteiger partial charge in [-0.15, -0.1) is 0 Å². The van der Waals surface area contributed by atoms with E-state index in [2.05, 4.69) is 25.3 Å². The van der Waals surface area contributed by atoms with Gasteiger partial charge in [0.05, 0.1) is 18.4 Å². The fourth-order valence-corrected chi connectivity index (χ4v) is 4.41. The lowest BCUT2D eigenvalue weighted by Crippen LogP contribution is -2.36. The van der Waals surface area contributed by atoms with E-state index in [9.17, 15) is 26.7 Å². The number of rotatable bonds is 6. The van der Waals surface area contributed by atoms with E-state index in [4.69, 9.17) is 10.5 Å². The molecule has 5 rings (SSSR count). The maximum Gasteiger partial charge on any atom is 0.453 e. The van der Waals surface area contributed by atoms with Crippen LogP contribution >= 0.6 is 0 Å². The number of nitrogens with one attached hydrogen (secondary N) is 1. The highest BCUT2D eigenvalue weighted by atomic mass is 19.4. The summed E-state index contributed by atoms with van der Waals surface area (Å²) >= 11 is 0. The Labute approximate surface area is 211 Å². The van der Waals surface area contributed by atoms with Gasteiger partial charge in [-0.2, -0.15) is 22.0 Å². The number of aryl methyl sites for hydroxylation is 1. The minimum atomic E-state index is -5.69. The first kappa shape index (κ1) is 25.3. The first-order valence-electron chi connectivity index (χ1n) is 11.3. The van der Waals surface area contributed by atoms with Crippen molar-refractivity contribution in [1.82, 2.24) is 24.3 Å². The average Bonchev–Trinajstić information content (AvgIpc) is 3.44. The lowest BCUT2D eigenvalue weighted by atomic mass is 9.78. The minimum Gasteiger partial charge on any atom is -0.497 e. The van der Waals surface area contributed by atoms with E-state index in [1.807, 2.05) is 0 Å². The second kappa shape index (κ2) is 8.60. The summed E-state index contributed by atoms with van der Waals surface area (Å²) in [4.78, 5) is 30.1. The Hall–Kier alpha value is -4.36. The van der Waals surface area contributed by atoms with Gasteiger partial charge < -0.3 is 20.2 Å². The number of benzene rings is 1. The van der Waals surface area contributed by atoms with Gasteiger partial charge in [0.2, 0.25) is 5.91 Å². The highest BCUT2D eigenvalue weighted by Crippen LogP contribution is 2.45. The molecule has 0 saturated carbocycles. The molecule has 0 saturated heterocycles. The Morgan fingerprint density at radius 2 is 1.82 bits per heavy atom. The number of halogens is 5. The number of imidazole rings is 1. The largest absolute Gasteiger partial charge is 0.497 e. The number of nitrogens with two attached hydrogens (primary N) is 1. The van der Waals surface area contributed by atoms with Gasteiger partial charge in [-0.3, -0.25) is 4.79 Å². The number of amides is 1. The fourth-order valence-electron chi connectivity index (χ4n) is 4.41. The number of fused-ring (bicyclic) bond motifs is 2. The molecule has 4 heterocycles. The monoisotopic (exact) mass is 533 g/mol. The van der Waals surface area contributed by atoms with Crippen LogP contribution in [0.4, 0.5) is 33.6 Å². The number of carbonyl (C=O) groups excluding carboxylic acids is 1. The van der Waals surface area contributed by atoms with E-state index in [0.29, 0.717) is 16.9 Å². The second-order valence-corrected chi connectivity index (χ2v) is 8.90. The molecule has 1 aliphatic rings. The molecule has 0 spiro atoms. The number of nitrogens with zero attached hydrogens (tertiary/aromatic N) is 5. The van der Waals surface area contributed by atoms with Gasteiger partial charge in [0.25, 0.3) is 0 Å². The van der Waals surface area contributed by atoms with Crippen LogP contribution in [0.25, 0.3) is 17.2 Å². The van der Waals surface area contributed by atoms with Crippen molar-refractivity contribution in [2.75, 3.05) is 18.2 Å². The van der Waals surface area contributed by atoms with Crippen molar-refractivity contribution in [3.05, 3.63) is 59.7 Å². The number of nitrogen functional groups attached to an aromatic ring is 1. The zero-order valence-electron chi connectivity index (χ0n) is 20.0. The zero-order chi connectivity index (χ0) is 27.5. The van der Waals surface area contributed by atoms with Crippen molar-refractivity contribution in [1.29, 1.82) is 0 Å². The smallest absolute Gasteiger partial charge is 0.453 e. The quantitative estimate of drug-likeness (QED) is 0.357. The molecule has 0 fully saturated rings. The summed E-state index contributed by atoms with van der Waals surface area (Å²) in [6.45, 7) is 1.67. The topological polar surface area (TPSA) is 120 Å². The minimum absolute atomic E-state index is 0.0284. The fraction of sp³-hybridized carbons (Fsp3) is 0.292. The van der Waals surface area contributed by atoms with E-state index in [1.54, 1.807) is 31.2 Å². The Bertz CT molecular complexity index is 1550. The number of hydrogen-bond acceptors (Lipinski definition) is 7. The Balaban J connectivity index is 1.55. The van der Waals surface area contributed by atoms with Crippen molar-refractivity contribution in [2.24, 2.45) is 0 Å². The molecule has 4 aromatic rings. The molecule has 1 amide bonds. The highest BCUT2D eigenvalue weighted by molar-refractivity contribution is 6.09. The van der Waals surface area contributed by atoms with Crippen molar-refractivity contribution in [3.8, 4) is 17.3 Å². The summed E-state index contributed by atoms with van der Waals surface area (Å²) in [7, 11) is 1.52. The maximum absolute atomic E-state index is 13.6. The lowest BCUT2D eigenvalue weighted by Gasteiger charge is -2.23. The summed E-state index contributed by atoms with van der Waals surface area (Å²) in [6.07, 6.45) is -3.65. The van der Waals surface area contributed by atoms with Gasteiger partial charge >= 0.3 is 12.1 Å². The van der Waals surface area contributed by atoms with Gasteiger partial charge in [0, 0.05) is 25.0 Å². The van der Waals surface area contributed by atoms with Crippen LogP contribution in [0.15, 0.2) is 42.9 Å². The Morgan fingerprint density at radius 3 is 2.47 bits per heavy atom. The lowest BCUT2D eigenvalue weighted by molar-refractivity contribution is -0.284. The molecule has 9 nitrogen and oxygen atoms in total. The summed E-state index contributed by atoms with van der Waals surface area (Å²) in [5.74, 6) is -4.66. The van der Waals surface area contributed by atoms with Crippen molar-refractivity contribution >= 4 is 23.2 Å². The summed E-state index contributed by atoms with van der Waals surface area (Å²) in [5.41, 5.74) is 6.08. The molecule has 3 N–H and O–H groups in total. The molecule has 3 aromatic heterocycles. The van der Waals surface area contributed by atoms with Crippen LogP contribution in [0.5, 0.6) is 5.75 Å². The third-order valence-electron chi connectivity index (χ3n) is 6.55. The molecule has 0 bridgehead atoms. The number of aromatic nitrogens is 5. The molecule has 198 valence electrons. The SMILES string of the molecule is COc1ccc(C2(C)C(=O)Nc3nc(-c4cn5ccnc5c(CCC(F)(F)C(F)(F)F)n4)nc(N)c32)cc1. The standard InChI is InChI=1S/C24H20F5N7O2/c1-22(12-3-5-13(38-2)6-4-12)16-17(30)33-18(34-19(16)35-21(22)37)15-11-36-10-9-31-20(36)14(32-15)7-8-23(25,26)24(27,28)29/h3-6,9-11H,7-8H2,1-2H3,(H3,30,33,34,35,37). The van der Waals surface area contributed by atoms with Crippen molar-refractivity contribution in [3.63, 3.8) is 0 Å². The maximum atomic E-state index is 13.6. The first-order valence-corrected chi connectivity index (χ1v) is 11.3. The highest BCUT2D eigenvalue weighted by Gasteiger charge is 2.56. The molecule has 38 heavy (non-hydrogen) atoms. The van der Waals surface area contributed by atoms with Crippen molar-refractivity contribution < 1.29 is 31.5 Å². The van der Waals surface area contributed by atoms with Crippen molar-refractivity contribution in [2.45, 2.75) is 37.3 Å². The number of methoxy groups -OCH3 is 1. The summed E-state index contributed by atoms with van der Waals surface area (Å²) < 4.78 is 71.9. The van der Waals surface area contributed by atoms with E-state index < -0.39 is 36.3 Å². The van der Waals surface area contributed by atoms with E-state index in [0.717, 1.165) is 0 Å². The van der Waals surface area contributed by atoms with Crippen LogP contribution in [0.3, 0.4) is 0 Å². The molecular weight excluding hydrogens is 513 g/mol. The van der Waals surface area contributed by atoms with Gasteiger partial charge in [0.15, 0.2) is 11.5 Å². The van der Waals surface area contributed by atoms with Gasteiger partial charge in [0.1, 0.15) is 28.5 Å². The van der Waals surface area contributed by atoms with E-state index in [-0.39, 0.29) is 34.5 Å².